The molecule has 0 saturated carbocycles. The summed E-state index contributed by atoms with van der Waals surface area (Å²) in [4.78, 5) is 4.10. The van der Waals surface area contributed by atoms with Crippen molar-refractivity contribution in [1.82, 2.24) is 4.98 Å². The fraction of sp³-hybridized carbons (Fsp3) is 0.375. The Morgan fingerprint density at radius 2 is 2.33 bits per heavy atom. The minimum atomic E-state index is -0.549. The molecule has 3 nitrogen and oxygen atoms in total. The number of aromatic nitrogens is 1. The Hall–Kier alpha value is -0.450. The van der Waals surface area contributed by atoms with Gasteiger partial charge in [-0.15, -0.1) is 0 Å². The molecule has 0 radical (unpaired) electrons. The van der Waals surface area contributed by atoms with Crippen LogP contribution in [0.1, 0.15) is 18.2 Å². The molecule has 4 heteroatoms. The van der Waals surface area contributed by atoms with Crippen LogP contribution in [0.3, 0.4) is 0 Å². The van der Waals surface area contributed by atoms with Crippen molar-refractivity contribution in [1.29, 1.82) is 0 Å². The maximum atomic E-state index is 9.48. The molecular weight excluding hydrogens is 220 g/mol. The molecular formula is C8H11BrN2O. The lowest BCUT2D eigenvalue weighted by molar-refractivity contribution is 0.165. The van der Waals surface area contributed by atoms with Crippen LogP contribution in [0.25, 0.3) is 0 Å². The third kappa shape index (κ3) is 2.55. The number of hydrogen-bond donors (Lipinski definition) is 2. The van der Waals surface area contributed by atoms with Crippen LogP contribution in [0.4, 0.5) is 0 Å². The first kappa shape index (κ1) is 9.64. The molecule has 1 unspecified atom stereocenters. The Kier molecular flexibility index (Phi) is 3.65. The molecule has 0 aliphatic heterocycles. The summed E-state index contributed by atoms with van der Waals surface area (Å²) in [6.45, 7) is 0.468. The fourth-order valence-corrected chi connectivity index (χ4v) is 1.27. The third-order valence-electron chi connectivity index (χ3n) is 1.52. The summed E-state index contributed by atoms with van der Waals surface area (Å²) in [6.07, 6.45) is -0.00352. The molecule has 1 atom stereocenters. The first-order valence-corrected chi connectivity index (χ1v) is 4.54. The van der Waals surface area contributed by atoms with Crippen LogP contribution in [-0.2, 0) is 0 Å². The Morgan fingerprint density at radius 3 is 2.92 bits per heavy atom. The summed E-state index contributed by atoms with van der Waals surface area (Å²) in [7, 11) is 0. The number of pyridine rings is 1. The molecule has 66 valence electrons. The quantitative estimate of drug-likeness (QED) is 0.769. The summed E-state index contributed by atoms with van der Waals surface area (Å²) >= 11 is 3.23. The van der Waals surface area contributed by atoms with Crippen LogP contribution in [0.5, 0.6) is 0 Å². The summed E-state index contributed by atoms with van der Waals surface area (Å²) in [5, 5.41) is 9.48. The molecule has 1 heterocycles. The van der Waals surface area contributed by atoms with Crippen molar-refractivity contribution in [3.05, 3.63) is 28.5 Å². The first-order chi connectivity index (χ1) is 5.74. The lowest BCUT2D eigenvalue weighted by Gasteiger charge is -2.07. The van der Waals surface area contributed by atoms with E-state index in [4.69, 9.17) is 5.73 Å². The second-order valence-corrected chi connectivity index (χ2v) is 3.29. The largest absolute Gasteiger partial charge is 0.387 e. The maximum absolute atomic E-state index is 9.48. The van der Waals surface area contributed by atoms with Crippen molar-refractivity contribution in [2.45, 2.75) is 12.5 Å². The van der Waals surface area contributed by atoms with E-state index in [2.05, 4.69) is 20.9 Å². The van der Waals surface area contributed by atoms with Gasteiger partial charge in [-0.1, -0.05) is 6.07 Å². The van der Waals surface area contributed by atoms with Gasteiger partial charge in [0.15, 0.2) is 0 Å². The number of aliphatic hydroxyl groups is 1. The van der Waals surface area contributed by atoms with Gasteiger partial charge < -0.3 is 10.8 Å². The average Bonchev–Trinajstić information content (AvgIpc) is 2.05. The number of nitrogens with two attached hydrogens (primary N) is 1. The molecule has 0 aliphatic carbocycles. The van der Waals surface area contributed by atoms with Crippen molar-refractivity contribution in [2.24, 2.45) is 5.73 Å². The average molecular weight is 231 g/mol. The van der Waals surface area contributed by atoms with Crippen molar-refractivity contribution < 1.29 is 5.11 Å². The zero-order valence-corrected chi connectivity index (χ0v) is 8.16. The van der Waals surface area contributed by atoms with E-state index in [9.17, 15) is 5.11 Å². The minimum Gasteiger partial charge on any atom is -0.387 e. The van der Waals surface area contributed by atoms with Crippen molar-refractivity contribution >= 4 is 15.9 Å². The molecule has 0 amide bonds. The summed E-state index contributed by atoms with van der Waals surface area (Å²) in [5.74, 6) is 0. The Morgan fingerprint density at radius 1 is 1.58 bits per heavy atom. The van der Waals surface area contributed by atoms with Gasteiger partial charge in [-0.3, -0.25) is 0 Å². The van der Waals surface area contributed by atoms with E-state index < -0.39 is 6.10 Å². The predicted octanol–water partition coefficient (Wildman–Crippen LogP) is 1.23. The summed E-state index contributed by atoms with van der Waals surface area (Å²) in [5.41, 5.74) is 5.97. The zero-order chi connectivity index (χ0) is 8.97. The highest BCUT2D eigenvalue weighted by atomic mass is 79.9. The standard InChI is InChI=1S/C8H11BrN2O/c9-8-3-1-2-6(11-8)7(12)4-5-10/h1-3,7,12H,4-5,10H2. The summed E-state index contributed by atoms with van der Waals surface area (Å²) in [6, 6.07) is 5.44. The van der Waals surface area contributed by atoms with Gasteiger partial charge in [0.1, 0.15) is 4.60 Å². The van der Waals surface area contributed by atoms with E-state index in [-0.39, 0.29) is 0 Å². The van der Waals surface area contributed by atoms with E-state index in [1.807, 2.05) is 12.1 Å². The van der Waals surface area contributed by atoms with Crippen LogP contribution in [0.2, 0.25) is 0 Å². The molecule has 1 rings (SSSR count). The smallest absolute Gasteiger partial charge is 0.106 e. The number of halogens is 1. The SMILES string of the molecule is NCCC(O)c1cccc(Br)n1. The Labute approximate surface area is 79.7 Å². The molecule has 3 N–H and O–H groups in total. The molecule has 12 heavy (non-hydrogen) atoms. The monoisotopic (exact) mass is 230 g/mol. The molecule has 0 fully saturated rings. The number of rotatable bonds is 3. The summed E-state index contributed by atoms with van der Waals surface area (Å²) < 4.78 is 0.732. The van der Waals surface area contributed by atoms with Crippen molar-refractivity contribution in [3.8, 4) is 0 Å². The highest BCUT2D eigenvalue weighted by Crippen LogP contribution is 2.15. The number of hydrogen-bond acceptors (Lipinski definition) is 3. The molecule has 0 spiro atoms. The molecule has 0 saturated heterocycles. The fourth-order valence-electron chi connectivity index (χ4n) is 0.915. The van der Waals surface area contributed by atoms with E-state index in [1.54, 1.807) is 6.07 Å². The highest BCUT2D eigenvalue weighted by molar-refractivity contribution is 9.10. The van der Waals surface area contributed by atoms with Gasteiger partial charge in [-0.25, -0.2) is 4.98 Å². The van der Waals surface area contributed by atoms with E-state index in [0.29, 0.717) is 18.7 Å². The van der Waals surface area contributed by atoms with Gasteiger partial charge in [0.25, 0.3) is 0 Å². The highest BCUT2D eigenvalue weighted by Gasteiger charge is 2.07. The van der Waals surface area contributed by atoms with E-state index in [1.165, 1.54) is 0 Å². The normalized spacial score (nSPS) is 12.9. The van der Waals surface area contributed by atoms with Crippen LogP contribution in [0, 0.1) is 0 Å². The van der Waals surface area contributed by atoms with E-state index in [0.717, 1.165) is 4.60 Å². The Balaban J connectivity index is 2.73. The van der Waals surface area contributed by atoms with Gasteiger partial charge in [-0.05, 0) is 41.0 Å². The van der Waals surface area contributed by atoms with Gasteiger partial charge in [0.2, 0.25) is 0 Å². The third-order valence-corrected chi connectivity index (χ3v) is 1.96. The van der Waals surface area contributed by atoms with Crippen LogP contribution in [0.15, 0.2) is 22.8 Å². The van der Waals surface area contributed by atoms with Gasteiger partial charge in [0.05, 0.1) is 11.8 Å². The van der Waals surface area contributed by atoms with E-state index >= 15 is 0 Å². The molecule has 0 bridgehead atoms. The van der Waals surface area contributed by atoms with Crippen molar-refractivity contribution in [2.75, 3.05) is 6.54 Å². The topological polar surface area (TPSA) is 59.1 Å². The predicted molar refractivity (Wildman–Crippen MR) is 50.6 cm³/mol. The Bertz CT molecular complexity index is 255. The lowest BCUT2D eigenvalue weighted by atomic mass is 10.2. The minimum absolute atomic E-state index is 0.468. The second-order valence-electron chi connectivity index (χ2n) is 2.48. The maximum Gasteiger partial charge on any atom is 0.106 e. The van der Waals surface area contributed by atoms with Gasteiger partial charge >= 0.3 is 0 Å². The molecule has 1 aromatic heterocycles. The first-order valence-electron chi connectivity index (χ1n) is 3.74. The van der Waals surface area contributed by atoms with Crippen LogP contribution < -0.4 is 5.73 Å². The number of nitrogens with zero attached hydrogens (tertiary/aromatic N) is 1. The van der Waals surface area contributed by atoms with Gasteiger partial charge in [-0.2, -0.15) is 0 Å². The van der Waals surface area contributed by atoms with Crippen LogP contribution >= 0.6 is 15.9 Å². The van der Waals surface area contributed by atoms with Gasteiger partial charge in [0, 0.05) is 0 Å². The molecule has 1 aromatic rings. The molecule has 0 aliphatic rings. The lowest BCUT2D eigenvalue weighted by Crippen LogP contribution is -2.07. The van der Waals surface area contributed by atoms with Crippen LogP contribution in [-0.4, -0.2) is 16.6 Å². The second kappa shape index (κ2) is 4.54. The van der Waals surface area contributed by atoms with Crippen molar-refractivity contribution in [3.63, 3.8) is 0 Å². The number of aliphatic hydroxyl groups excluding tert-OH is 1. The zero-order valence-electron chi connectivity index (χ0n) is 6.57. The molecule has 0 aromatic carbocycles.